The lowest BCUT2D eigenvalue weighted by Crippen LogP contribution is -2.49. The molecule has 0 radical (unpaired) electrons. The molecular weight excluding hydrogens is 412 g/mol. The summed E-state index contributed by atoms with van der Waals surface area (Å²) in [6, 6.07) is -0.768. The number of carbonyl (C=O) groups excluding carboxylic acids is 2. The highest BCUT2D eigenvalue weighted by Crippen LogP contribution is 2.28. The number of aromatic amines is 1. The van der Waals surface area contributed by atoms with Crippen molar-refractivity contribution in [1.82, 2.24) is 20.2 Å². The van der Waals surface area contributed by atoms with Gasteiger partial charge in [0.1, 0.15) is 18.2 Å². The van der Waals surface area contributed by atoms with Crippen LogP contribution in [0.3, 0.4) is 0 Å². The molecule has 164 valence electrons. The molecule has 5 atom stereocenters. The number of nitrogens with zero attached hydrogens (tertiary/aromatic N) is 1. The van der Waals surface area contributed by atoms with Gasteiger partial charge in [-0.1, -0.05) is 0 Å². The summed E-state index contributed by atoms with van der Waals surface area (Å²) in [4.78, 5) is 70.3. The zero-order valence-corrected chi connectivity index (χ0v) is 15.0. The molecule has 15 heteroatoms. The van der Waals surface area contributed by atoms with Crippen molar-refractivity contribution in [2.75, 3.05) is 6.54 Å². The summed E-state index contributed by atoms with van der Waals surface area (Å²) < 4.78 is 5.93. The Morgan fingerprint density at radius 2 is 1.83 bits per heavy atom. The van der Waals surface area contributed by atoms with Gasteiger partial charge >= 0.3 is 17.6 Å². The number of carbonyl (C=O) groups is 4. The summed E-state index contributed by atoms with van der Waals surface area (Å²) in [6.45, 7) is -0.784. The second-order valence-electron chi connectivity index (χ2n) is 6.22. The number of hydrogen-bond donors (Lipinski definition) is 7. The van der Waals surface area contributed by atoms with E-state index in [2.05, 4.69) is 0 Å². The van der Waals surface area contributed by atoms with Crippen LogP contribution in [0.5, 0.6) is 0 Å². The minimum atomic E-state index is -1.80. The SMILES string of the molecule is O=C(O)CC(NC(=O)CNC(=O)[C@H]1O[C@@H](n2ccc(=O)[nH]c2=O)[C@H](O)[C@@H]1O)C(=O)O. The fourth-order valence-corrected chi connectivity index (χ4v) is 2.62. The van der Waals surface area contributed by atoms with Crippen LogP contribution in [0.15, 0.2) is 21.9 Å². The standard InChI is InChI=1S/C15H18N4O11/c20-6-1-2-19(15(29)18-6)13-10(25)9(24)11(30-13)12(26)16-4-7(21)17-5(14(27)28)3-8(22)23/h1-2,5,9-11,13,24-25H,3-4H2,(H,16,26)(H,17,21)(H,22,23)(H,27,28)(H,18,20,29)/t5?,9-,10+,11-,13+/m0/s1. The number of ether oxygens (including phenoxy) is 1. The van der Waals surface area contributed by atoms with Crippen molar-refractivity contribution < 1.29 is 44.3 Å². The highest BCUT2D eigenvalue weighted by Gasteiger charge is 2.47. The number of carboxylic acids is 2. The predicted octanol–water partition coefficient (Wildman–Crippen LogP) is -4.68. The van der Waals surface area contributed by atoms with Gasteiger partial charge in [0.2, 0.25) is 5.91 Å². The second kappa shape index (κ2) is 9.29. The van der Waals surface area contributed by atoms with Gasteiger partial charge in [0.15, 0.2) is 12.3 Å². The molecule has 0 aromatic carbocycles. The molecule has 1 unspecified atom stereocenters. The van der Waals surface area contributed by atoms with Gasteiger partial charge in [-0.25, -0.2) is 9.59 Å². The van der Waals surface area contributed by atoms with Crippen LogP contribution in [0, 0.1) is 0 Å². The lowest BCUT2D eigenvalue weighted by molar-refractivity contribution is -0.147. The molecule has 7 N–H and O–H groups in total. The van der Waals surface area contributed by atoms with E-state index >= 15 is 0 Å². The quantitative estimate of drug-likeness (QED) is 0.207. The van der Waals surface area contributed by atoms with Crippen LogP contribution in [-0.2, 0) is 23.9 Å². The first-order valence-corrected chi connectivity index (χ1v) is 8.36. The molecule has 30 heavy (non-hydrogen) atoms. The van der Waals surface area contributed by atoms with E-state index in [9.17, 15) is 39.0 Å². The minimum Gasteiger partial charge on any atom is -0.481 e. The van der Waals surface area contributed by atoms with E-state index in [0.29, 0.717) is 0 Å². The molecule has 1 aliphatic rings. The smallest absolute Gasteiger partial charge is 0.330 e. The maximum absolute atomic E-state index is 12.2. The Bertz CT molecular complexity index is 954. The number of aromatic nitrogens is 2. The van der Waals surface area contributed by atoms with E-state index in [1.807, 2.05) is 15.6 Å². The van der Waals surface area contributed by atoms with Crippen LogP contribution >= 0.6 is 0 Å². The highest BCUT2D eigenvalue weighted by atomic mass is 16.6. The third kappa shape index (κ3) is 5.28. The molecule has 1 aliphatic heterocycles. The lowest BCUT2D eigenvalue weighted by Gasteiger charge is -2.16. The maximum atomic E-state index is 12.2. The topological polar surface area (TPSA) is 237 Å². The summed E-state index contributed by atoms with van der Waals surface area (Å²) in [5.74, 6) is -5.16. The summed E-state index contributed by atoms with van der Waals surface area (Å²) in [6.07, 6.45) is -6.64. The Balaban J connectivity index is 1.99. The van der Waals surface area contributed by atoms with E-state index in [4.69, 9.17) is 14.9 Å². The largest absolute Gasteiger partial charge is 0.481 e. The fraction of sp³-hybridized carbons (Fsp3) is 0.467. The zero-order valence-electron chi connectivity index (χ0n) is 15.0. The average molecular weight is 430 g/mol. The molecular formula is C15H18N4O11. The first-order valence-electron chi connectivity index (χ1n) is 8.36. The van der Waals surface area contributed by atoms with Crippen LogP contribution in [0.1, 0.15) is 12.6 Å². The first kappa shape index (κ1) is 22.7. The van der Waals surface area contributed by atoms with Crippen molar-refractivity contribution in [2.24, 2.45) is 0 Å². The summed E-state index contributed by atoms with van der Waals surface area (Å²) >= 11 is 0. The van der Waals surface area contributed by atoms with Crippen molar-refractivity contribution in [3.8, 4) is 0 Å². The van der Waals surface area contributed by atoms with Crippen molar-refractivity contribution >= 4 is 23.8 Å². The van der Waals surface area contributed by atoms with E-state index in [0.717, 1.165) is 16.8 Å². The Morgan fingerprint density at radius 1 is 1.17 bits per heavy atom. The van der Waals surface area contributed by atoms with Gasteiger partial charge in [0, 0.05) is 12.3 Å². The lowest BCUT2D eigenvalue weighted by atomic mass is 10.1. The van der Waals surface area contributed by atoms with Gasteiger partial charge in [0.05, 0.1) is 13.0 Å². The molecule has 1 aromatic heterocycles. The third-order valence-electron chi connectivity index (χ3n) is 4.06. The van der Waals surface area contributed by atoms with Crippen LogP contribution in [0.2, 0.25) is 0 Å². The summed E-state index contributed by atoms with van der Waals surface area (Å²) in [5.41, 5.74) is -1.68. The highest BCUT2D eigenvalue weighted by molar-refractivity contribution is 5.90. The summed E-state index contributed by atoms with van der Waals surface area (Å²) in [5, 5.41) is 41.5. The number of amides is 2. The predicted molar refractivity (Wildman–Crippen MR) is 92.1 cm³/mol. The summed E-state index contributed by atoms with van der Waals surface area (Å²) in [7, 11) is 0. The van der Waals surface area contributed by atoms with E-state index < -0.39 is 78.5 Å². The number of rotatable bonds is 8. The Labute approximate surface area is 165 Å². The number of aliphatic hydroxyl groups is 2. The normalized spacial score (nSPS) is 24.1. The molecule has 0 aliphatic carbocycles. The van der Waals surface area contributed by atoms with Gasteiger partial charge in [-0.2, -0.15) is 0 Å². The number of aliphatic hydroxyl groups excluding tert-OH is 2. The number of aliphatic carboxylic acids is 2. The van der Waals surface area contributed by atoms with Crippen LogP contribution < -0.4 is 21.9 Å². The number of hydrogen-bond acceptors (Lipinski definition) is 9. The monoisotopic (exact) mass is 430 g/mol. The third-order valence-corrected chi connectivity index (χ3v) is 4.06. The van der Waals surface area contributed by atoms with Crippen LogP contribution in [0.25, 0.3) is 0 Å². The maximum Gasteiger partial charge on any atom is 0.330 e. The molecule has 2 amide bonds. The van der Waals surface area contributed by atoms with E-state index in [1.165, 1.54) is 0 Å². The van der Waals surface area contributed by atoms with E-state index in [1.54, 1.807) is 0 Å². The molecule has 0 spiro atoms. The van der Waals surface area contributed by atoms with Gasteiger partial charge in [-0.05, 0) is 0 Å². The van der Waals surface area contributed by atoms with Crippen LogP contribution in [0.4, 0.5) is 0 Å². The van der Waals surface area contributed by atoms with Crippen LogP contribution in [-0.4, -0.2) is 84.6 Å². The Morgan fingerprint density at radius 3 is 2.40 bits per heavy atom. The molecule has 0 bridgehead atoms. The van der Waals surface area contributed by atoms with Crippen molar-refractivity contribution in [3.63, 3.8) is 0 Å². The van der Waals surface area contributed by atoms with Gasteiger partial charge in [0.25, 0.3) is 11.5 Å². The first-order chi connectivity index (χ1) is 14.0. The molecule has 2 heterocycles. The minimum absolute atomic E-state index is 0.716. The molecule has 15 nitrogen and oxygen atoms in total. The molecule has 1 saturated heterocycles. The zero-order chi connectivity index (χ0) is 22.6. The molecule has 2 rings (SSSR count). The van der Waals surface area contributed by atoms with Gasteiger partial charge in [-0.3, -0.25) is 28.7 Å². The second-order valence-corrected chi connectivity index (χ2v) is 6.22. The molecule has 1 fully saturated rings. The Hall–Kier alpha value is -3.56. The van der Waals surface area contributed by atoms with Gasteiger partial charge < -0.3 is 35.8 Å². The van der Waals surface area contributed by atoms with Crippen molar-refractivity contribution in [1.29, 1.82) is 0 Å². The number of H-pyrrole nitrogens is 1. The Kier molecular flexibility index (Phi) is 7.04. The molecule has 1 aromatic rings. The van der Waals surface area contributed by atoms with Gasteiger partial charge in [-0.15, -0.1) is 0 Å². The van der Waals surface area contributed by atoms with Crippen molar-refractivity contribution in [2.45, 2.75) is 37.0 Å². The average Bonchev–Trinajstić information content (AvgIpc) is 2.94. The number of carboxylic acid groups (broad SMARTS) is 2. The van der Waals surface area contributed by atoms with Crippen molar-refractivity contribution in [3.05, 3.63) is 33.1 Å². The fourth-order valence-electron chi connectivity index (χ4n) is 2.62. The number of nitrogens with one attached hydrogen (secondary N) is 3. The molecule has 0 saturated carbocycles. The van der Waals surface area contributed by atoms with E-state index in [-0.39, 0.29) is 0 Å².